The molecule has 1 aliphatic rings. The van der Waals surface area contributed by atoms with Crippen molar-refractivity contribution in [3.05, 3.63) is 46.7 Å². The van der Waals surface area contributed by atoms with Gasteiger partial charge in [-0.2, -0.15) is 0 Å². The van der Waals surface area contributed by atoms with E-state index in [9.17, 15) is 9.59 Å². The molecule has 2 aromatic rings. The molecule has 6 heteroatoms. The first-order valence-corrected chi connectivity index (χ1v) is 8.84. The number of anilines is 1. The summed E-state index contributed by atoms with van der Waals surface area (Å²) in [7, 11) is 0. The third kappa shape index (κ3) is 3.43. The number of para-hydroxylation sites is 2. The molecule has 5 nitrogen and oxygen atoms in total. The third-order valence-electron chi connectivity index (χ3n) is 3.98. The van der Waals surface area contributed by atoms with Gasteiger partial charge < -0.3 is 15.0 Å². The molecule has 0 fully saturated rings. The lowest BCUT2D eigenvalue weighted by atomic mass is 10.1. The summed E-state index contributed by atoms with van der Waals surface area (Å²) in [6.07, 6.45) is -0.282. The van der Waals surface area contributed by atoms with Gasteiger partial charge in [0.05, 0.1) is 11.7 Å². The number of carbonyl (C=O) groups is 2. The molecule has 0 unspecified atom stereocenters. The van der Waals surface area contributed by atoms with Crippen molar-refractivity contribution >= 4 is 28.8 Å². The van der Waals surface area contributed by atoms with E-state index in [2.05, 4.69) is 5.32 Å². The van der Waals surface area contributed by atoms with Gasteiger partial charge in [-0.1, -0.05) is 18.2 Å². The molecule has 3 rings (SSSR count). The van der Waals surface area contributed by atoms with Crippen LogP contribution in [0.4, 0.5) is 5.69 Å². The fourth-order valence-corrected chi connectivity index (χ4v) is 3.46. The minimum Gasteiger partial charge on any atom is -0.479 e. The molecule has 24 heavy (non-hydrogen) atoms. The van der Waals surface area contributed by atoms with Crippen molar-refractivity contribution in [1.82, 2.24) is 5.32 Å². The summed E-state index contributed by atoms with van der Waals surface area (Å²) in [5.41, 5.74) is 0.722. The summed E-state index contributed by atoms with van der Waals surface area (Å²) in [5, 5.41) is 4.96. The fourth-order valence-electron chi connectivity index (χ4n) is 2.73. The second-order valence-electron chi connectivity index (χ2n) is 5.77. The second-order valence-corrected chi connectivity index (χ2v) is 6.75. The molecule has 2 atom stereocenters. The molecule has 1 N–H and O–H groups in total. The van der Waals surface area contributed by atoms with Crippen LogP contribution in [0.2, 0.25) is 0 Å². The van der Waals surface area contributed by atoms with Crippen LogP contribution < -0.4 is 15.0 Å². The first kappa shape index (κ1) is 16.5. The minimum atomic E-state index is -0.534. The zero-order valence-electron chi connectivity index (χ0n) is 13.7. The van der Waals surface area contributed by atoms with Gasteiger partial charge in [-0.3, -0.25) is 9.59 Å². The number of nitrogens with zero attached hydrogens (tertiary/aromatic N) is 1. The number of nitrogens with one attached hydrogen (secondary N) is 1. The predicted octanol–water partition coefficient (Wildman–Crippen LogP) is 3.13. The number of hydrogen-bond donors (Lipinski definition) is 1. The molecular weight excluding hydrogens is 324 g/mol. The Kier molecular flexibility index (Phi) is 4.85. The smallest absolute Gasteiger partial charge is 0.267 e. The normalized spacial score (nSPS) is 17.8. The molecule has 0 saturated carbocycles. The summed E-state index contributed by atoms with van der Waals surface area (Å²) in [5.74, 6) is 0.491. The van der Waals surface area contributed by atoms with Crippen LogP contribution in [-0.4, -0.2) is 24.5 Å². The van der Waals surface area contributed by atoms with Gasteiger partial charge in [0.2, 0.25) is 5.91 Å². The van der Waals surface area contributed by atoms with E-state index >= 15 is 0 Å². The van der Waals surface area contributed by atoms with Gasteiger partial charge >= 0.3 is 0 Å². The zero-order chi connectivity index (χ0) is 17.1. The maximum atomic E-state index is 12.4. The van der Waals surface area contributed by atoms with Crippen LogP contribution in [0.25, 0.3) is 0 Å². The Morgan fingerprint density at radius 1 is 1.33 bits per heavy atom. The molecule has 126 valence electrons. The van der Waals surface area contributed by atoms with Crippen molar-refractivity contribution in [3.63, 3.8) is 0 Å². The van der Waals surface area contributed by atoms with Gasteiger partial charge in [-0.15, -0.1) is 11.3 Å². The number of amides is 2. The van der Waals surface area contributed by atoms with Crippen molar-refractivity contribution in [2.75, 3.05) is 11.4 Å². The summed E-state index contributed by atoms with van der Waals surface area (Å²) in [6.45, 7) is 4.03. The lowest BCUT2D eigenvalue weighted by molar-refractivity contribution is -0.125. The molecule has 2 amide bonds. The molecular formula is C18H20N2O3S. The highest BCUT2D eigenvalue weighted by Crippen LogP contribution is 2.33. The molecule has 0 aliphatic carbocycles. The quantitative estimate of drug-likeness (QED) is 0.906. The standard InChI is InChI=1S/C18H20N2O3S/c1-12(16-8-5-11-24-16)19-17(21)9-10-20-14-6-3-4-7-15(14)23-13(2)18(20)22/h3-8,11-13H,9-10H2,1-2H3,(H,19,21)/t12-,13+/m0/s1. The van der Waals surface area contributed by atoms with E-state index in [0.717, 1.165) is 10.6 Å². The average Bonchev–Trinajstić information content (AvgIpc) is 3.10. The van der Waals surface area contributed by atoms with Crippen LogP contribution >= 0.6 is 11.3 Å². The van der Waals surface area contributed by atoms with E-state index in [0.29, 0.717) is 12.3 Å². The molecule has 1 aliphatic heterocycles. The van der Waals surface area contributed by atoms with Gasteiger partial charge in [0.15, 0.2) is 6.10 Å². The molecule has 0 saturated heterocycles. The monoisotopic (exact) mass is 344 g/mol. The predicted molar refractivity (Wildman–Crippen MR) is 94.4 cm³/mol. The summed E-state index contributed by atoms with van der Waals surface area (Å²) >= 11 is 1.61. The first-order chi connectivity index (χ1) is 11.6. The molecule has 0 bridgehead atoms. The Balaban J connectivity index is 1.63. The van der Waals surface area contributed by atoms with Crippen molar-refractivity contribution in [1.29, 1.82) is 0 Å². The SMILES string of the molecule is C[C@H](NC(=O)CCN1C(=O)[C@@H](C)Oc2ccccc21)c1cccs1. The van der Waals surface area contributed by atoms with Crippen LogP contribution in [0.1, 0.15) is 31.2 Å². The first-order valence-electron chi connectivity index (χ1n) is 7.96. The highest BCUT2D eigenvalue weighted by atomic mass is 32.1. The zero-order valence-corrected chi connectivity index (χ0v) is 14.5. The van der Waals surface area contributed by atoms with Crippen LogP contribution in [0.15, 0.2) is 41.8 Å². The number of carbonyl (C=O) groups excluding carboxylic acids is 2. The largest absolute Gasteiger partial charge is 0.479 e. The number of hydrogen-bond acceptors (Lipinski definition) is 4. The van der Waals surface area contributed by atoms with Crippen LogP contribution in [0.5, 0.6) is 5.75 Å². The number of thiophene rings is 1. The van der Waals surface area contributed by atoms with Crippen molar-refractivity contribution in [3.8, 4) is 5.75 Å². The Hall–Kier alpha value is -2.34. The van der Waals surface area contributed by atoms with Crippen molar-refractivity contribution < 1.29 is 14.3 Å². The molecule has 0 spiro atoms. The lowest BCUT2D eigenvalue weighted by Crippen LogP contribution is -2.45. The topological polar surface area (TPSA) is 58.6 Å². The fraction of sp³-hybridized carbons (Fsp3) is 0.333. The van der Waals surface area contributed by atoms with Crippen LogP contribution in [0, 0.1) is 0 Å². The maximum absolute atomic E-state index is 12.4. The van der Waals surface area contributed by atoms with E-state index in [1.165, 1.54) is 0 Å². The number of fused-ring (bicyclic) bond motifs is 1. The number of benzene rings is 1. The number of ether oxygens (including phenoxy) is 1. The van der Waals surface area contributed by atoms with Gasteiger partial charge in [-0.25, -0.2) is 0 Å². The van der Waals surface area contributed by atoms with Crippen molar-refractivity contribution in [2.24, 2.45) is 0 Å². The van der Waals surface area contributed by atoms with E-state index in [4.69, 9.17) is 4.74 Å². The molecule has 1 aromatic carbocycles. The minimum absolute atomic E-state index is 0.0240. The molecule has 0 radical (unpaired) electrons. The van der Waals surface area contributed by atoms with E-state index in [1.807, 2.05) is 48.7 Å². The van der Waals surface area contributed by atoms with Gasteiger partial charge in [-0.05, 0) is 37.4 Å². The lowest BCUT2D eigenvalue weighted by Gasteiger charge is -2.32. The van der Waals surface area contributed by atoms with Gasteiger partial charge in [0, 0.05) is 17.8 Å². The summed E-state index contributed by atoms with van der Waals surface area (Å²) < 4.78 is 5.60. The van der Waals surface area contributed by atoms with Gasteiger partial charge in [0.1, 0.15) is 5.75 Å². The Morgan fingerprint density at radius 3 is 2.88 bits per heavy atom. The Morgan fingerprint density at radius 2 is 2.12 bits per heavy atom. The van der Waals surface area contributed by atoms with Crippen LogP contribution in [-0.2, 0) is 9.59 Å². The van der Waals surface area contributed by atoms with Gasteiger partial charge in [0.25, 0.3) is 5.91 Å². The van der Waals surface area contributed by atoms with E-state index in [1.54, 1.807) is 23.2 Å². The molecule has 2 heterocycles. The van der Waals surface area contributed by atoms with Crippen LogP contribution in [0.3, 0.4) is 0 Å². The highest BCUT2D eigenvalue weighted by molar-refractivity contribution is 7.10. The molecule has 1 aromatic heterocycles. The third-order valence-corrected chi connectivity index (χ3v) is 5.04. The Labute approximate surface area is 145 Å². The highest BCUT2D eigenvalue weighted by Gasteiger charge is 2.31. The van der Waals surface area contributed by atoms with E-state index < -0.39 is 6.10 Å². The summed E-state index contributed by atoms with van der Waals surface area (Å²) in [6, 6.07) is 11.3. The second kappa shape index (κ2) is 7.05. The maximum Gasteiger partial charge on any atom is 0.267 e. The van der Waals surface area contributed by atoms with E-state index in [-0.39, 0.29) is 24.3 Å². The average molecular weight is 344 g/mol. The Bertz CT molecular complexity index is 730. The summed E-state index contributed by atoms with van der Waals surface area (Å²) in [4.78, 5) is 27.3. The van der Waals surface area contributed by atoms with Crippen molar-refractivity contribution in [2.45, 2.75) is 32.4 Å². The number of rotatable bonds is 5.